The van der Waals surface area contributed by atoms with E-state index in [2.05, 4.69) is 25.1 Å². The Labute approximate surface area is 186 Å². The van der Waals surface area contributed by atoms with Gasteiger partial charge in [-0.3, -0.25) is 14.9 Å². The first-order chi connectivity index (χ1) is 15.0. The summed E-state index contributed by atoms with van der Waals surface area (Å²) in [6.07, 6.45) is 4.63. The monoisotopic (exact) mass is 456 g/mol. The molecule has 2 fully saturated rings. The minimum Gasteiger partial charge on any atom is -0.303 e. The Bertz CT molecular complexity index is 1150. The number of carbonyl (C=O) groups is 1. The number of anilines is 1. The van der Waals surface area contributed by atoms with Gasteiger partial charge in [0.1, 0.15) is 5.82 Å². The van der Waals surface area contributed by atoms with Crippen LogP contribution in [0.15, 0.2) is 34.8 Å². The van der Waals surface area contributed by atoms with Gasteiger partial charge < -0.3 is 9.88 Å². The molecular weight excluding hydrogens is 436 g/mol. The number of carbonyl (C=O) groups excluding carboxylic acids is 1. The van der Waals surface area contributed by atoms with Crippen LogP contribution < -0.4 is 5.32 Å². The number of nitrogens with zero attached hydrogens (tertiary/aromatic N) is 5. The molecule has 1 amide bonds. The molecule has 2 heterocycles. The molecule has 1 N–H and O–H groups in total. The predicted octanol–water partition coefficient (Wildman–Crippen LogP) is 4.64. The van der Waals surface area contributed by atoms with Crippen molar-refractivity contribution in [2.75, 3.05) is 5.32 Å². The summed E-state index contributed by atoms with van der Waals surface area (Å²) in [6.45, 7) is 1.85. The lowest BCUT2D eigenvalue weighted by molar-refractivity contribution is -0.384. The minimum absolute atomic E-state index is 0.00597. The molecule has 0 bridgehead atoms. The minimum atomic E-state index is -0.438. The van der Waals surface area contributed by atoms with Crippen LogP contribution in [0.3, 0.4) is 0 Å². The molecule has 0 radical (unpaired) electrons. The summed E-state index contributed by atoms with van der Waals surface area (Å²) in [5.41, 5.74) is 1.23. The molecule has 0 saturated heterocycles. The van der Waals surface area contributed by atoms with Crippen LogP contribution in [0, 0.1) is 10.1 Å². The highest BCUT2D eigenvalue weighted by molar-refractivity contribution is 8.00. The summed E-state index contributed by atoms with van der Waals surface area (Å²) in [5.74, 6) is 1.43. The number of nitrogens with one attached hydrogen (secondary N) is 1. The van der Waals surface area contributed by atoms with Crippen LogP contribution in [0.1, 0.15) is 50.4 Å². The van der Waals surface area contributed by atoms with Crippen molar-refractivity contribution < 1.29 is 9.72 Å². The lowest BCUT2D eigenvalue weighted by Crippen LogP contribution is -2.23. The van der Waals surface area contributed by atoms with Crippen molar-refractivity contribution in [3.05, 3.63) is 45.6 Å². The van der Waals surface area contributed by atoms with Crippen LogP contribution in [0.4, 0.5) is 10.8 Å². The molecule has 11 heteroatoms. The van der Waals surface area contributed by atoms with Gasteiger partial charge in [0.15, 0.2) is 10.3 Å². The van der Waals surface area contributed by atoms with Gasteiger partial charge in [-0.2, -0.15) is 0 Å². The fourth-order valence-corrected chi connectivity index (χ4v) is 4.97. The number of amides is 1. The summed E-state index contributed by atoms with van der Waals surface area (Å²) >= 11 is 2.71. The number of non-ortho nitro benzene ring substituents is 1. The molecule has 160 valence electrons. The van der Waals surface area contributed by atoms with Gasteiger partial charge in [0.2, 0.25) is 5.91 Å². The summed E-state index contributed by atoms with van der Waals surface area (Å²) in [7, 11) is 0. The van der Waals surface area contributed by atoms with Crippen LogP contribution in [0.25, 0.3) is 11.3 Å². The zero-order valence-corrected chi connectivity index (χ0v) is 18.4. The largest absolute Gasteiger partial charge is 0.303 e. The number of thioether (sulfide) groups is 1. The van der Waals surface area contributed by atoms with Gasteiger partial charge in [0.05, 0.1) is 15.9 Å². The molecule has 0 aliphatic heterocycles. The lowest BCUT2D eigenvalue weighted by Gasteiger charge is -2.12. The van der Waals surface area contributed by atoms with Crippen molar-refractivity contribution >= 4 is 39.8 Å². The van der Waals surface area contributed by atoms with E-state index in [9.17, 15) is 14.9 Å². The molecule has 1 unspecified atom stereocenters. The van der Waals surface area contributed by atoms with Crippen LogP contribution in [0.2, 0.25) is 0 Å². The highest BCUT2D eigenvalue weighted by Crippen LogP contribution is 2.46. The topological polar surface area (TPSA) is 116 Å². The van der Waals surface area contributed by atoms with Crippen LogP contribution in [0.5, 0.6) is 0 Å². The predicted molar refractivity (Wildman–Crippen MR) is 118 cm³/mol. The quantitative estimate of drug-likeness (QED) is 0.298. The van der Waals surface area contributed by atoms with Crippen LogP contribution in [-0.4, -0.2) is 35.8 Å². The highest BCUT2D eigenvalue weighted by Gasteiger charge is 2.37. The molecule has 31 heavy (non-hydrogen) atoms. The summed E-state index contributed by atoms with van der Waals surface area (Å²) in [4.78, 5) is 27.7. The highest BCUT2D eigenvalue weighted by atomic mass is 32.2. The zero-order valence-electron chi connectivity index (χ0n) is 16.7. The number of benzene rings is 1. The van der Waals surface area contributed by atoms with Gasteiger partial charge in [-0.15, -0.1) is 21.5 Å². The first kappa shape index (κ1) is 20.1. The SMILES string of the molecule is CC(Sc1nnc(C2CC2)n1C1CC1)C(=O)Nc1nc(-c2cccc([N+](=O)[O-])c2)cs1. The molecule has 2 aliphatic rings. The number of aromatic nitrogens is 4. The number of rotatable bonds is 8. The molecule has 2 aromatic heterocycles. The second-order valence-corrected chi connectivity index (χ2v) is 9.98. The van der Waals surface area contributed by atoms with E-state index in [0.29, 0.717) is 28.3 Å². The number of nitro benzene ring substituents is 1. The second-order valence-electron chi connectivity index (χ2n) is 7.81. The Morgan fingerprint density at radius 2 is 2.13 bits per heavy atom. The van der Waals surface area contributed by atoms with Gasteiger partial charge in [-0.05, 0) is 32.6 Å². The van der Waals surface area contributed by atoms with E-state index in [4.69, 9.17) is 0 Å². The van der Waals surface area contributed by atoms with Crippen molar-refractivity contribution in [1.29, 1.82) is 0 Å². The molecule has 5 rings (SSSR count). The Hall–Kier alpha value is -2.79. The lowest BCUT2D eigenvalue weighted by atomic mass is 10.1. The maximum Gasteiger partial charge on any atom is 0.270 e. The van der Waals surface area contributed by atoms with Crippen molar-refractivity contribution in [3.63, 3.8) is 0 Å². The van der Waals surface area contributed by atoms with E-state index in [0.717, 1.165) is 23.8 Å². The van der Waals surface area contributed by atoms with Gasteiger partial charge in [0, 0.05) is 35.0 Å². The molecule has 0 spiro atoms. The number of thiazole rings is 1. The molecular formula is C20H20N6O3S2. The summed E-state index contributed by atoms with van der Waals surface area (Å²) in [6, 6.07) is 6.76. The maximum atomic E-state index is 12.7. The van der Waals surface area contributed by atoms with Crippen molar-refractivity contribution in [2.24, 2.45) is 0 Å². The molecule has 3 aromatic rings. The number of hydrogen-bond donors (Lipinski definition) is 1. The van der Waals surface area contributed by atoms with Crippen molar-refractivity contribution in [3.8, 4) is 11.3 Å². The van der Waals surface area contributed by atoms with Gasteiger partial charge in [-0.1, -0.05) is 23.9 Å². The fraction of sp³-hybridized carbons (Fsp3) is 0.400. The molecule has 9 nitrogen and oxygen atoms in total. The second kappa shape index (κ2) is 8.04. The van der Waals surface area contributed by atoms with Gasteiger partial charge in [-0.25, -0.2) is 4.98 Å². The summed E-state index contributed by atoms with van der Waals surface area (Å²) < 4.78 is 2.23. The van der Waals surface area contributed by atoms with E-state index in [1.165, 1.54) is 48.1 Å². The average molecular weight is 457 g/mol. The normalized spacial score (nSPS) is 16.8. The third-order valence-electron chi connectivity index (χ3n) is 5.28. The molecule has 1 atom stereocenters. The van der Waals surface area contributed by atoms with Gasteiger partial charge in [0.25, 0.3) is 5.69 Å². The van der Waals surface area contributed by atoms with Gasteiger partial charge >= 0.3 is 0 Å². The standard InChI is InChI=1S/C20H20N6O3S2/c1-11(31-20-24-23-17(12-5-6-12)25(20)14-7-8-14)18(27)22-19-21-16(10-30-19)13-3-2-4-15(9-13)26(28)29/h2-4,9-12,14H,5-8H2,1H3,(H,21,22,27). The number of nitro groups is 1. The van der Waals surface area contributed by atoms with E-state index in [1.54, 1.807) is 17.5 Å². The number of hydrogen-bond acceptors (Lipinski definition) is 8. The smallest absolute Gasteiger partial charge is 0.270 e. The van der Waals surface area contributed by atoms with Crippen molar-refractivity contribution in [2.45, 2.75) is 55.0 Å². The van der Waals surface area contributed by atoms with Crippen LogP contribution in [-0.2, 0) is 4.79 Å². The van der Waals surface area contributed by atoms with E-state index in [1.807, 2.05) is 6.92 Å². The Morgan fingerprint density at radius 3 is 2.84 bits per heavy atom. The zero-order chi connectivity index (χ0) is 21.5. The average Bonchev–Trinajstić information content (AvgIpc) is 3.69. The molecule has 2 saturated carbocycles. The molecule has 2 aliphatic carbocycles. The Morgan fingerprint density at radius 1 is 1.32 bits per heavy atom. The van der Waals surface area contributed by atoms with Crippen LogP contribution >= 0.6 is 23.1 Å². The first-order valence-electron chi connectivity index (χ1n) is 10.1. The Kier molecular flexibility index (Phi) is 5.22. The third-order valence-corrected chi connectivity index (χ3v) is 7.10. The molecule has 1 aromatic carbocycles. The summed E-state index contributed by atoms with van der Waals surface area (Å²) in [5, 5.41) is 25.3. The van der Waals surface area contributed by atoms with E-state index >= 15 is 0 Å². The third kappa shape index (κ3) is 4.33. The van der Waals surface area contributed by atoms with E-state index < -0.39 is 4.92 Å². The maximum absolute atomic E-state index is 12.7. The van der Waals surface area contributed by atoms with Crippen molar-refractivity contribution in [1.82, 2.24) is 19.7 Å². The fourth-order valence-electron chi connectivity index (χ4n) is 3.33. The van der Waals surface area contributed by atoms with E-state index in [-0.39, 0.29) is 16.8 Å². The Balaban J connectivity index is 1.26. The first-order valence-corrected chi connectivity index (χ1v) is 11.9.